The van der Waals surface area contributed by atoms with Crippen LogP contribution in [0, 0.1) is 0 Å². The van der Waals surface area contributed by atoms with E-state index in [-0.39, 0.29) is 0 Å². The molecule has 0 saturated heterocycles. The normalized spacial score (nSPS) is 5.88. The molecular weight excluding hydrogens is 411 g/mol. The second-order valence-electron chi connectivity index (χ2n) is 0.303. The van der Waals surface area contributed by atoms with Gasteiger partial charge in [0.05, 0.1) is 0 Å². The third-order valence-corrected chi connectivity index (χ3v) is 0. The summed E-state index contributed by atoms with van der Waals surface area (Å²) in [6.07, 6.45) is 0. The summed E-state index contributed by atoms with van der Waals surface area (Å²) in [6, 6.07) is 0. The SMILES string of the molecule is C=O.C=O.C=O.C=O.C=O.C=O.[Cl][Ru]([Cl])([Cl])[Cl]. The van der Waals surface area contributed by atoms with Crippen molar-refractivity contribution in [1.29, 1.82) is 0 Å². The Morgan fingerprint density at radius 3 is 0.412 bits per heavy atom. The van der Waals surface area contributed by atoms with Gasteiger partial charge in [-0.1, -0.05) is 0 Å². The van der Waals surface area contributed by atoms with Crippen molar-refractivity contribution >= 4 is 79.5 Å². The molecule has 0 aromatic rings. The van der Waals surface area contributed by atoms with E-state index < -0.39 is 10.8 Å². The predicted molar refractivity (Wildman–Crippen MR) is 66.1 cm³/mol. The fraction of sp³-hybridized carbons (Fsp3) is 0. The van der Waals surface area contributed by atoms with Crippen molar-refractivity contribution < 1.29 is 39.6 Å². The molecule has 0 aliphatic heterocycles. The minimum atomic E-state index is -2.97. The Morgan fingerprint density at radius 1 is 0.412 bits per heavy atom. The second-order valence-corrected chi connectivity index (χ2v) is 16.1. The van der Waals surface area contributed by atoms with Crippen LogP contribution in [-0.4, -0.2) is 40.7 Å². The third kappa shape index (κ3) is 77900. The molecule has 0 aromatic heterocycles. The molecule has 0 N–H and O–H groups in total. The van der Waals surface area contributed by atoms with Gasteiger partial charge in [0.25, 0.3) is 0 Å². The number of halogens is 4. The monoisotopic (exact) mass is 422 g/mol. The molecule has 0 unspecified atom stereocenters. The molecule has 0 fully saturated rings. The van der Waals surface area contributed by atoms with Gasteiger partial charge in [0.2, 0.25) is 0 Å². The van der Waals surface area contributed by atoms with Crippen molar-refractivity contribution in [2.75, 3.05) is 0 Å². The molecule has 6 nitrogen and oxygen atoms in total. The molecule has 17 heavy (non-hydrogen) atoms. The van der Waals surface area contributed by atoms with E-state index in [1.54, 1.807) is 0 Å². The molecule has 108 valence electrons. The molecule has 0 radical (unpaired) electrons. The van der Waals surface area contributed by atoms with Gasteiger partial charge in [-0.3, -0.25) is 0 Å². The molecule has 0 amide bonds. The minimum absolute atomic E-state index is 2.00. The predicted octanol–water partition coefficient (Wildman–Crippen LogP) is 1.65. The summed E-state index contributed by atoms with van der Waals surface area (Å²) in [7, 11) is 17.0. The zero-order valence-electron chi connectivity index (χ0n) is 8.56. The van der Waals surface area contributed by atoms with Gasteiger partial charge in [0.15, 0.2) is 0 Å². The fourth-order valence-electron chi connectivity index (χ4n) is 0. The molecule has 0 saturated carbocycles. The van der Waals surface area contributed by atoms with Crippen LogP contribution in [0.4, 0.5) is 0 Å². The number of rotatable bonds is 0. The summed E-state index contributed by atoms with van der Waals surface area (Å²) < 4.78 is 0. The Bertz CT molecular complexity index is 85.5. The van der Waals surface area contributed by atoms with E-state index in [1.807, 2.05) is 40.7 Å². The van der Waals surface area contributed by atoms with Gasteiger partial charge in [-0.15, -0.1) is 0 Å². The van der Waals surface area contributed by atoms with Gasteiger partial charge in [-0.2, -0.15) is 0 Å². The first kappa shape index (κ1) is 43.7. The first-order chi connectivity index (χ1) is 8.00. The van der Waals surface area contributed by atoms with Crippen molar-refractivity contribution in [3.63, 3.8) is 0 Å². The third-order valence-electron chi connectivity index (χ3n) is 0. The maximum absolute atomic E-state index is 8.00. The average molecular weight is 423 g/mol. The van der Waals surface area contributed by atoms with Gasteiger partial charge in [-0.05, 0) is 0 Å². The van der Waals surface area contributed by atoms with E-state index in [2.05, 4.69) is 0 Å². The Kier molecular flexibility index (Phi) is 264. The van der Waals surface area contributed by atoms with Crippen LogP contribution in [0.25, 0.3) is 0 Å². The molecule has 0 aliphatic rings. The summed E-state index contributed by atoms with van der Waals surface area (Å²) in [5, 5.41) is 0. The van der Waals surface area contributed by atoms with Crippen molar-refractivity contribution in [1.82, 2.24) is 0 Å². The zero-order chi connectivity index (χ0) is 16.5. The fourth-order valence-corrected chi connectivity index (χ4v) is 0. The first-order valence-electron chi connectivity index (χ1n) is 2.27. The van der Waals surface area contributed by atoms with Gasteiger partial charge in [0.1, 0.15) is 40.7 Å². The maximum atomic E-state index is 8.00. The first-order valence-corrected chi connectivity index (χ1v) is 11.2. The zero-order valence-corrected chi connectivity index (χ0v) is 13.3. The number of carbonyl (C=O) groups is 6. The van der Waals surface area contributed by atoms with Crippen LogP contribution in [0.2, 0.25) is 0 Å². The molecule has 0 aliphatic carbocycles. The van der Waals surface area contributed by atoms with Crippen LogP contribution < -0.4 is 0 Å². The molecule has 0 atom stereocenters. The summed E-state index contributed by atoms with van der Waals surface area (Å²) in [6.45, 7) is 12.0. The molecular formula is C6H12Cl4O6Ru. The van der Waals surface area contributed by atoms with Gasteiger partial charge in [-0.25, -0.2) is 0 Å². The van der Waals surface area contributed by atoms with E-state index >= 15 is 0 Å². The van der Waals surface area contributed by atoms with Crippen LogP contribution in [0.1, 0.15) is 0 Å². The van der Waals surface area contributed by atoms with Gasteiger partial charge in [0, 0.05) is 0 Å². The number of hydrogen-bond acceptors (Lipinski definition) is 6. The van der Waals surface area contributed by atoms with E-state index in [0.717, 1.165) is 0 Å². The average Bonchev–Trinajstić information content (AvgIpc) is 2.41. The van der Waals surface area contributed by atoms with Crippen LogP contribution in [0.15, 0.2) is 0 Å². The van der Waals surface area contributed by atoms with Crippen LogP contribution in [-0.2, 0) is 39.6 Å². The summed E-state index contributed by atoms with van der Waals surface area (Å²) in [5.74, 6) is 0. The van der Waals surface area contributed by atoms with Crippen LogP contribution in [0.5, 0.6) is 0 Å². The second kappa shape index (κ2) is 103. The summed E-state index contributed by atoms with van der Waals surface area (Å²) in [4.78, 5) is 48.0. The van der Waals surface area contributed by atoms with E-state index in [1.165, 1.54) is 0 Å². The van der Waals surface area contributed by atoms with Gasteiger partial charge >= 0.3 is 49.6 Å². The number of carbonyl (C=O) groups excluding carboxylic acids is 6. The standard InChI is InChI=1S/6CH2O.4ClH.Ru/c6*1-2;;;;;/h6*1H2;4*1H;/q;;;;;;;;;;+4/p-4. The Balaban J connectivity index is -0.0000000147. The topological polar surface area (TPSA) is 102 Å². The molecule has 0 heterocycles. The van der Waals surface area contributed by atoms with E-state index in [4.69, 9.17) is 67.5 Å². The molecule has 0 bridgehead atoms. The van der Waals surface area contributed by atoms with Crippen LogP contribution in [0.3, 0.4) is 0 Å². The summed E-state index contributed by atoms with van der Waals surface area (Å²) in [5.41, 5.74) is 0. The molecule has 11 heteroatoms. The van der Waals surface area contributed by atoms with Crippen molar-refractivity contribution in [2.24, 2.45) is 0 Å². The summed E-state index contributed by atoms with van der Waals surface area (Å²) >= 11 is 0. The quantitative estimate of drug-likeness (QED) is 0.550. The van der Waals surface area contributed by atoms with Gasteiger partial charge < -0.3 is 28.8 Å². The Morgan fingerprint density at radius 2 is 0.412 bits per heavy atom. The van der Waals surface area contributed by atoms with Crippen molar-refractivity contribution in [3.05, 3.63) is 0 Å². The molecule has 0 spiro atoms. The molecule has 0 aromatic carbocycles. The van der Waals surface area contributed by atoms with E-state index in [9.17, 15) is 0 Å². The Labute approximate surface area is 119 Å². The van der Waals surface area contributed by atoms with Crippen LogP contribution >= 0.6 is 38.8 Å². The molecule has 0 rings (SSSR count). The Hall–Kier alpha value is -0.197. The number of hydrogen-bond donors (Lipinski definition) is 0. The van der Waals surface area contributed by atoms with Crippen molar-refractivity contribution in [2.45, 2.75) is 0 Å². The van der Waals surface area contributed by atoms with E-state index in [0.29, 0.717) is 0 Å². The van der Waals surface area contributed by atoms with Crippen molar-refractivity contribution in [3.8, 4) is 0 Å².